The average Bonchev–Trinajstić information content (AvgIpc) is 3.35. The molecule has 2 aromatic carbocycles. The highest BCUT2D eigenvalue weighted by atomic mass is 16.5. The topological polar surface area (TPSA) is 73.2 Å². The number of benzene rings is 2. The van der Waals surface area contributed by atoms with E-state index < -0.39 is 0 Å². The minimum absolute atomic E-state index is 0.0686. The summed E-state index contributed by atoms with van der Waals surface area (Å²) in [6.45, 7) is 0.659. The third-order valence-electron chi connectivity index (χ3n) is 5.68. The van der Waals surface area contributed by atoms with Crippen LogP contribution in [0.4, 0.5) is 0 Å². The smallest absolute Gasteiger partial charge is 0.258 e. The summed E-state index contributed by atoms with van der Waals surface area (Å²) in [5, 5.41) is 2.78. The van der Waals surface area contributed by atoms with E-state index in [2.05, 4.69) is 10.3 Å². The van der Waals surface area contributed by atoms with Crippen LogP contribution in [0, 0.1) is 0 Å². The number of aromatic nitrogens is 2. The van der Waals surface area contributed by atoms with E-state index in [1.165, 1.54) is 17.4 Å². The van der Waals surface area contributed by atoms with Crippen LogP contribution < -0.4 is 15.6 Å². The first-order chi connectivity index (χ1) is 15.2. The fourth-order valence-electron chi connectivity index (χ4n) is 3.94. The first-order valence-electron chi connectivity index (χ1n) is 10.8. The minimum Gasteiger partial charge on any atom is -0.484 e. The average molecular weight is 418 g/mol. The SMILES string of the molecule is O=C(COc1ccc(-c2ccccc2)cc1)NCCn1cnc(C2CCCC2)cc1=O. The Morgan fingerprint density at radius 2 is 1.74 bits per heavy atom. The van der Waals surface area contributed by atoms with Gasteiger partial charge in [-0.25, -0.2) is 4.98 Å². The Morgan fingerprint density at radius 3 is 2.45 bits per heavy atom. The lowest BCUT2D eigenvalue weighted by atomic mass is 10.0. The molecule has 3 aromatic rings. The van der Waals surface area contributed by atoms with Gasteiger partial charge in [0.15, 0.2) is 6.61 Å². The van der Waals surface area contributed by atoms with Gasteiger partial charge in [0, 0.05) is 25.1 Å². The maximum absolute atomic E-state index is 12.3. The van der Waals surface area contributed by atoms with Gasteiger partial charge in [0.1, 0.15) is 5.75 Å². The standard InChI is InChI=1S/C25H27N3O3/c29-24(17-31-22-12-10-20(11-13-22)19-6-2-1-3-7-19)26-14-15-28-18-27-23(16-25(28)30)21-8-4-5-9-21/h1-3,6-7,10-13,16,18,21H,4-5,8-9,14-15,17H2,(H,26,29). The number of amides is 1. The van der Waals surface area contributed by atoms with Crippen molar-refractivity contribution in [1.82, 2.24) is 14.9 Å². The third-order valence-corrected chi connectivity index (χ3v) is 5.68. The number of nitrogens with one attached hydrogen (secondary N) is 1. The van der Waals surface area contributed by atoms with Gasteiger partial charge in [0.05, 0.1) is 12.0 Å². The molecule has 0 atom stereocenters. The lowest BCUT2D eigenvalue weighted by molar-refractivity contribution is -0.123. The number of rotatable bonds is 8. The molecule has 6 heteroatoms. The lowest BCUT2D eigenvalue weighted by Crippen LogP contribution is -2.33. The van der Waals surface area contributed by atoms with Gasteiger partial charge >= 0.3 is 0 Å². The van der Waals surface area contributed by atoms with Crippen molar-refractivity contribution in [3.63, 3.8) is 0 Å². The van der Waals surface area contributed by atoms with Gasteiger partial charge in [-0.15, -0.1) is 0 Å². The molecule has 160 valence electrons. The van der Waals surface area contributed by atoms with Crippen molar-refractivity contribution in [2.75, 3.05) is 13.2 Å². The van der Waals surface area contributed by atoms with Gasteiger partial charge in [-0.1, -0.05) is 55.3 Å². The zero-order valence-corrected chi connectivity index (χ0v) is 17.5. The van der Waals surface area contributed by atoms with Crippen LogP contribution in [0.5, 0.6) is 5.75 Å². The normalized spacial score (nSPS) is 13.8. The van der Waals surface area contributed by atoms with Crippen LogP contribution in [0.3, 0.4) is 0 Å². The van der Waals surface area contributed by atoms with Crippen molar-refractivity contribution in [3.8, 4) is 16.9 Å². The summed E-state index contributed by atoms with van der Waals surface area (Å²) in [5.41, 5.74) is 3.05. The lowest BCUT2D eigenvalue weighted by Gasteiger charge is -2.11. The highest BCUT2D eigenvalue weighted by Crippen LogP contribution is 2.32. The maximum atomic E-state index is 12.3. The van der Waals surface area contributed by atoms with E-state index >= 15 is 0 Å². The Balaban J connectivity index is 1.21. The zero-order chi connectivity index (χ0) is 21.5. The van der Waals surface area contributed by atoms with Gasteiger partial charge < -0.3 is 10.1 Å². The summed E-state index contributed by atoms with van der Waals surface area (Å²) in [6, 6.07) is 19.4. The second-order valence-electron chi connectivity index (χ2n) is 7.86. The summed E-state index contributed by atoms with van der Waals surface area (Å²) < 4.78 is 7.09. The van der Waals surface area contributed by atoms with Crippen molar-refractivity contribution in [1.29, 1.82) is 0 Å². The van der Waals surface area contributed by atoms with E-state index in [1.807, 2.05) is 54.6 Å². The summed E-state index contributed by atoms with van der Waals surface area (Å²) in [7, 11) is 0. The zero-order valence-electron chi connectivity index (χ0n) is 17.5. The third kappa shape index (κ3) is 5.60. The van der Waals surface area contributed by atoms with Gasteiger partial charge in [0.2, 0.25) is 0 Å². The molecule has 1 aliphatic carbocycles. The molecule has 0 unspecified atom stereocenters. The van der Waals surface area contributed by atoms with Gasteiger partial charge in [0.25, 0.3) is 11.5 Å². The van der Waals surface area contributed by atoms with Crippen LogP contribution >= 0.6 is 0 Å². The first kappa shape index (κ1) is 20.8. The molecule has 31 heavy (non-hydrogen) atoms. The van der Waals surface area contributed by atoms with Crippen LogP contribution in [-0.2, 0) is 11.3 Å². The predicted molar refractivity (Wildman–Crippen MR) is 120 cm³/mol. The van der Waals surface area contributed by atoms with Gasteiger partial charge in [-0.05, 0) is 36.1 Å². The molecule has 1 aliphatic rings. The summed E-state index contributed by atoms with van der Waals surface area (Å²) >= 11 is 0. The molecule has 1 aromatic heterocycles. The van der Waals surface area contributed by atoms with Gasteiger partial charge in [-0.2, -0.15) is 0 Å². The number of hydrogen-bond donors (Lipinski definition) is 1. The quantitative estimate of drug-likeness (QED) is 0.606. The Kier molecular flexibility index (Phi) is 6.77. The van der Waals surface area contributed by atoms with Gasteiger partial charge in [-0.3, -0.25) is 14.2 Å². The molecular weight excluding hydrogens is 390 g/mol. The maximum Gasteiger partial charge on any atom is 0.258 e. The molecule has 1 saturated carbocycles. The molecule has 1 fully saturated rings. The fraction of sp³-hybridized carbons (Fsp3) is 0.320. The van der Waals surface area contributed by atoms with Crippen LogP contribution in [0.1, 0.15) is 37.3 Å². The van der Waals surface area contributed by atoms with Crippen LogP contribution in [0.25, 0.3) is 11.1 Å². The second-order valence-corrected chi connectivity index (χ2v) is 7.86. The summed E-state index contributed by atoms with van der Waals surface area (Å²) in [4.78, 5) is 28.8. The van der Waals surface area contributed by atoms with Crippen molar-refractivity contribution < 1.29 is 9.53 Å². The molecular formula is C25H27N3O3. The van der Waals surface area contributed by atoms with E-state index in [4.69, 9.17) is 4.74 Å². The molecule has 0 radical (unpaired) electrons. The highest BCUT2D eigenvalue weighted by molar-refractivity contribution is 5.77. The molecule has 1 heterocycles. The van der Waals surface area contributed by atoms with E-state index in [0.717, 1.165) is 29.7 Å². The van der Waals surface area contributed by atoms with Crippen molar-refractivity contribution in [2.45, 2.75) is 38.1 Å². The predicted octanol–water partition coefficient (Wildman–Crippen LogP) is 3.76. The Hall–Kier alpha value is -3.41. The molecule has 0 aliphatic heterocycles. The Morgan fingerprint density at radius 1 is 1.03 bits per heavy atom. The minimum atomic E-state index is -0.226. The second kappa shape index (κ2) is 10.1. The molecule has 1 amide bonds. The number of carbonyl (C=O) groups is 1. The number of nitrogens with zero attached hydrogens (tertiary/aromatic N) is 2. The Labute approximate surface area is 181 Å². The monoisotopic (exact) mass is 417 g/mol. The molecule has 0 spiro atoms. The fourth-order valence-corrected chi connectivity index (χ4v) is 3.94. The van der Waals surface area contributed by atoms with Crippen LogP contribution in [-0.4, -0.2) is 28.6 Å². The van der Waals surface area contributed by atoms with Crippen LogP contribution in [0.15, 0.2) is 71.8 Å². The van der Waals surface area contributed by atoms with Crippen LogP contribution in [0.2, 0.25) is 0 Å². The number of hydrogen-bond acceptors (Lipinski definition) is 4. The number of ether oxygens (including phenoxy) is 1. The molecule has 0 bridgehead atoms. The molecule has 1 N–H and O–H groups in total. The summed E-state index contributed by atoms with van der Waals surface area (Å²) in [6.07, 6.45) is 6.23. The van der Waals surface area contributed by atoms with E-state index in [1.54, 1.807) is 12.4 Å². The van der Waals surface area contributed by atoms with Crippen molar-refractivity contribution in [2.24, 2.45) is 0 Å². The van der Waals surface area contributed by atoms with Crippen molar-refractivity contribution in [3.05, 3.63) is 83.0 Å². The van der Waals surface area contributed by atoms with Crippen molar-refractivity contribution >= 4 is 5.91 Å². The molecule has 6 nitrogen and oxygen atoms in total. The highest BCUT2D eigenvalue weighted by Gasteiger charge is 2.18. The summed E-state index contributed by atoms with van der Waals surface area (Å²) in [5.74, 6) is 0.828. The molecule has 0 saturated heterocycles. The van der Waals surface area contributed by atoms with E-state index in [0.29, 0.717) is 24.8 Å². The molecule has 4 rings (SSSR count). The Bertz CT molecular complexity index is 1060. The largest absolute Gasteiger partial charge is 0.484 e. The number of carbonyl (C=O) groups excluding carboxylic acids is 1. The van der Waals surface area contributed by atoms with E-state index in [-0.39, 0.29) is 18.1 Å². The van der Waals surface area contributed by atoms with E-state index in [9.17, 15) is 9.59 Å². The first-order valence-corrected chi connectivity index (χ1v) is 10.8.